The summed E-state index contributed by atoms with van der Waals surface area (Å²) in [4.78, 5) is 24.5. The summed E-state index contributed by atoms with van der Waals surface area (Å²) in [6, 6.07) is 12.9. The average molecular weight is 449 g/mol. The highest BCUT2D eigenvalue weighted by atomic mass is 32.2. The molecule has 2 N–H and O–H groups in total. The predicted molar refractivity (Wildman–Crippen MR) is 119 cm³/mol. The number of hydrogen-bond donors (Lipinski definition) is 2. The molecule has 0 aliphatic carbocycles. The second-order valence-electron chi connectivity index (χ2n) is 7.39. The van der Waals surface area contributed by atoms with Gasteiger partial charge in [-0.25, -0.2) is 0 Å². The molecule has 5 rings (SSSR count). The minimum absolute atomic E-state index is 0.0505. The number of hydrogen-bond acceptors (Lipinski definition) is 7. The maximum absolute atomic E-state index is 12.3. The molecular weight excluding hydrogens is 430 g/mol. The van der Waals surface area contributed by atoms with Crippen molar-refractivity contribution in [2.24, 2.45) is 0 Å². The monoisotopic (exact) mass is 449 g/mol. The van der Waals surface area contributed by atoms with E-state index in [1.54, 1.807) is 18.2 Å². The molecule has 0 saturated carbocycles. The lowest BCUT2D eigenvalue weighted by atomic mass is 10.1. The van der Waals surface area contributed by atoms with E-state index in [1.807, 2.05) is 42.5 Å². The van der Waals surface area contributed by atoms with Crippen LogP contribution in [0.4, 0.5) is 0 Å². The molecule has 2 aromatic carbocycles. The van der Waals surface area contributed by atoms with Gasteiger partial charge in [0, 0.05) is 17.0 Å². The van der Waals surface area contributed by atoms with Crippen molar-refractivity contribution < 1.29 is 19.1 Å². The number of carbonyl (C=O) groups excluding carboxylic acids is 2. The maximum Gasteiger partial charge on any atom is 0.269 e. The van der Waals surface area contributed by atoms with Crippen LogP contribution in [0.5, 0.6) is 11.5 Å². The van der Waals surface area contributed by atoms with Crippen LogP contribution in [0.3, 0.4) is 0 Å². The molecule has 32 heavy (non-hydrogen) atoms. The van der Waals surface area contributed by atoms with Gasteiger partial charge in [-0.05, 0) is 43.7 Å². The number of aryl methyl sites for hydroxylation is 2. The number of ether oxygens (including phenoxy) is 2. The molecule has 0 saturated heterocycles. The number of fused-ring (bicyclic) bond motifs is 4. The molecule has 0 fully saturated rings. The highest BCUT2D eigenvalue weighted by Gasteiger charge is 2.19. The van der Waals surface area contributed by atoms with E-state index >= 15 is 0 Å². The van der Waals surface area contributed by atoms with Crippen molar-refractivity contribution in [3.63, 3.8) is 0 Å². The van der Waals surface area contributed by atoms with E-state index in [9.17, 15) is 9.59 Å². The third-order valence-electron chi connectivity index (χ3n) is 5.05. The smallest absolute Gasteiger partial charge is 0.269 e. The molecule has 10 heteroatoms. The fourth-order valence-corrected chi connectivity index (χ4v) is 4.29. The predicted octanol–water partition coefficient (Wildman–Crippen LogP) is 2.78. The van der Waals surface area contributed by atoms with Crippen LogP contribution in [0.15, 0.2) is 47.6 Å². The Kier molecular flexibility index (Phi) is 5.06. The van der Waals surface area contributed by atoms with Gasteiger partial charge < -0.3 is 9.47 Å². The summed E-state index contributed by atoms with van der Waals surface area (Å²) < 4.78 is 12.9. The lowest BCUT2D eigenvalue weighted by molar-refractivity contribution is -0.119. The summed E-state index contributed by atoms with van der Waals surface area (Å²) in [6.45, 7) is 4.04. The normalized spacial score (nSPS) is 12.3. The van der Waals surface area contributed by atoms with Gasteiger partial charge in [-0.15, -0.1) is 10.2 Å². The van der Waals surface area contributed by atoms with Crippen molar-refractivity contribution in [3.8, 4) is 11.5 Å². The van der Waals surface area contributed by atoms with Gasteiger partial charge in [-0.3, -0.25) is 24.8 Å². The van der Waals surface area contributed by atoms with Crippen molar-refractivity contribution in [3.05, 3.63) is 59.2 Å². The summed E-state index contributed by atoms with van der Waals surface area (Å²) in [7, 11) is 0. The fraction of sp³-hybridized carbons (Fsp3) is 0.182. The number of benzene rings is 2. The molecule has 1 aliphatic rings. The molecule has 0 radical (unpaired) electrons. The number of hydrazine groups is 1. The molecule has 2 amide bonds. The molecule has 2 aromatic heterocycles. The number of amides is 2. The minimum atomic E-state index is -0.377. The average Bonchev–Trinajstić information content (AvgIpc) is 3.41. The largest absolute Gasteiger partial charge is 0.454 e. The van der Waals surface area contributed by atoms with Crippen LogP contribution < -0.4 is 20.3 Å². The van der Waals surface area contributed by atoms with Crippen LogP contribution in [-0.4, -0.2) is 39.0 Å². The number of thioether (sulfide) groups is 1. The fourth-order valence-electron chi connectivity index (χ4n) is 3.54. The molecule has 0 bridgehead atoms. The zero-order chi connectivity index (χ0) is 22.2. The Morgan fingerprint density at radius 3 is 2.69 bits per heavy atom. The highest BCUT2D eigenvalue weighted by molar-refractivity contribution is 7.99. The van der Waals surface area contributed by atoms with Crippen molar-refractivity contribution in [2.45, 2.75) is 19.0 Å². The second-order valence-corrected chi connectivity index (χ2v) is 8.34. The number of nitrogens with one attached hydrogen (secondary N) is 2. The first-order valence-corrected chi connectivity index (χ1v) is 10.8. The number of pyridine rings is 1. The summed E-state index contributed by atoms with van der Waals surface area (Å²) in [6.07, 6.45) is 0. The molecule has 3 heterocycles. The maximum atomic E-state index is 12.3. The van der Waals surface area contributed by atoms with Crippen LogP contribution in [0.1, 0.15) is 21.5 Å². The van der Waals surface area contributed by atoms with E-state index in [-0.39, 0.29) is 24.4 Å². The van der Waals surface area contributed by atoms with Crippen LogP contribution in [0.2, 0.25) is 0 Å². The Morgan fingerprint density at radius 1 is 1.06 bits per heavy atom. The molecular formula is C22H19N5O4S. The Balaban J connectivity index is 1.32. The number of aromatic nitrogens is 3. The summed E-state index contributed by atoms with van der Waals surface area (Å²) >= 11 is 1.23. The zero-order valence-electron chi connectivity index (χ0n) is 17.3. The van der Waals surface area contributed by atoms with E-state index in [0.717, 1.165) is 22.0 Å². The lowest BCUT2D eigenvalue weighted by Gasteiger charge is -2.09. The molecule has 0 unspecified atom stereocenters. The van der Waals surface area contributed by atoms with E-state index in [1.165, 1.54) is 11.8 Å². The molecule has 0 atom stereocenters. The SMILES string of the molecule is Cc1cccc(C(=O)NNC(=O)CSc2nnc3c(C)cc4cc5c(cc4n23)OCO5)c1. The molecule has 162 valence electrons. The third-order valence-corrected chi connectivity index (χ3v) is 5.98. The number of nitrogens with zero attached hydrogens (tertiary/aromatic N) is 3. The number of rotatable bonds is 4. The van der Waals surface area contributed by atoms with Crippen molar-refractivity contribution >= 4 is 40.1 Å². The van der Waals surface area contributed by atoms with E-state index < -0.39 is 0 Å². The Labute approximate surface area is 187 Å². The second kappa shape index (κ2) is 8.04. The van der Waals surface area contributed by atoms with Crippen molar-refractivity contribution in [1.82, 2.24) is 25.4 Å². The van der Waals surface area contributed by atoms with Crippen LogP contribution >= 0.6 is 11.8 Å². The first kappa shape index (κ1) is 20.1. The van der Waals surface area contributed by atoms with E-state index in [2.05, 4.69) is 21.0 Å². The summed E-state index contributed by atoms with van der Waals surface area (Å²) in [5.74, 6) is 0.667. The van der Waals surface area contributed by atoms with Crippen molar-refractivity contribution in [1.29, 1.82) is 0 Å². The van der Waals surface area contributed by atoms with Crippen molar-refractivity contribution in [2.75, 3.05) is 12.5 Å². The Hall–Kier alpha value is -3.79. The molecule has 0 spiro atoms. The quantitative estimate of drug-likeness (QED) is 0.364. The zero-order valence-corrected chi connectivity index (χ0v) is 18.2. The van der Waals surface area contributed by atoms with Gasteiger partial charge >= 0.3 is 0 Å². The first-order chi connectivity index (χ1) is 15.5. The van der Waals surface area contributed by atoms with E-state index in [4.69, 9.17) is 9.47 Å². The van der Waals surface area contributed by atoms with Crippen LogP contribution in [-0.2, 0) is 4.79 Å². The van der Waals surface area contributed by atoms with Gasteiger partial charge in [0.2, 0.25) is 12.7 Å². The van der Waals surface area contributed by atoms with Crippen LogP contribution in [0, 0.1) is 13.8 Å². The van der Waals surface area contributed by atoms with Gasteiger partial charge in [0.25, 0.3) is 5.91 Å². The highest BCUT2D eigenvalue weighted by Crippen LogP contribution is 2.37. The Bertz CT molecular complexity index is 1380. The van der Waals surface area contributed by atoms with E-state index in [0.29, 0.717) is 27.9 Å². The lowest BCUT2D eigenvalue weighted by Crippen LogP contribution is -2.42. The van der Waals surface area contributed by atoms with Gasteiger partial charge in [-0.2, -0.15) is 0 Å². The van der Waals surface area contributed by atoms with Gasteiger partial charge in [0.15, 0.2) is 22.3 Å². The number of carbonyl (C=O) groups is 2. The minimum Gasteiger partial charge on any atom is -0.454 e. The summed E-state index contributed by atoms with van der Waals surface area (Å²) in [5, 5.41) is 10.1. The molecule has 4 aromatic rings. The van der Waals surface area contributed by atoms with Gasteiger partial charge in [0.1, 0.15) is 0 Å². The summed E-state index contributed by atoms with van der Waals surface area (Å²) in [5.41, 5.74) is 8.82. The molecule has 1 aliphatic heterocycles. The third kappa shape index (κ3) is 3.69. The topological polar surface area (TPSA) is 107 Å². The Morgan fingerprint density at radius 2 is 1.88 bits per heavy atom. The van der Waals surface area contributed by atoms with Gasteiger partial charge in [0.05, 0.1) is 11.3 Å². The molecule has 9 nitrogen and oxygen atoms in total. The first-order valence-electron chi connectivity index (χ1n) is 9.86. The van der Waals surface area contributed by atoms with Crippen LogP contribution in [0.25, 0.3) is 16.6 Å². The standard InChI is InChI=1S/C22H19N5O4S/c1-12-4-3-5-14(6-12)21(29)25-23-19(28)10-32-22-26-24-20-13(2)7-15-8-17-18(31-11-30-17)9-16(15)27(20)22/h3-9H,10-11H2,1-2H3,(H,23,28)(H,25,29). The van der Waals surface area contributed by atoms with Gasteiger partial charge in [-0.1, -0.05) is 29.5 Å².